The molecule has 0 aromatic carbocycles. The van der Waals surface area contributed by atoms with Gasteiger partial charge >= 0.3 is 147 Å². The van der Waals surface area contributed by atoms with Crippen LogP contribution in [0.25, 0.3) is 0 Å². The quantitative estimate of drug-likeness (QED) is 0.244. The fourth-order valence-corrected chi connectivity index (χ4v) is 19.3. The second-order valence-corrected chi connectivity index (χ2v) is 20.5. The fraction of sp³-hybridized carbons (Fsp3) is 0.778. The summed E-state index contributed by atoms with van der Waals surface area (Å²) in [6.45, 7) is 9.17. The first kappa shape index (κ1) is 20.3. The van der Waals surface area contributed by atoms with Gasteiger partial charge in [-0.3, -0.25) is 0 Å². The molecule has 0 aliphatic carbocycles. The van der Waals surface area contributed by atoms with Crippen molar-refractivity contribution in [1.29, 1.82) is 0 Å². The van der Waals surface area contributed by atoms with Gasteiger partial charge in [-0.25, -0.2) is 0 Å². The maximum atomic E-state index is 5.04. The number of thioether (sulfide) groups is 1. The van der Waals surface area contributed by atoms with Gasteiger partial charge in [0.2, 0.25) is 0 Å². The van der Waals surface area contributed by atoms with E-state index in [-0.39, 0.29) is 0 Å². The molecule has 0 spiro atoms. The summed E-state index contributed by atoms with van der Waals surface area (Å²) in [4.78, 5) is 9.51. The van der Waals surface area contributed by atoms with Gasteiger partial charge in [0.15, 0.2) is 0 Å². The van der Waals surface area contributed by atoms with Crippen molar-refractivity contribution in [3.63, 3.8) is 0 Å². The summed E-state index contributed by atoms with van der Waals surface area (Å²) in [6, 6.07) is 2.27. The van der Waals surface area contributed by atoms with Crippen LogP contribution in [0.2, 0.25) is 13.3 Å². The molecule has 4 heteroatoms. The number of rotatable bonds is 12. The molecule has 0 aliphatic rings. The minimum atomic E-state index is -2.35. The number of nitrogens with zero attached hydrogens (tertiary/aromatic N) is 2. The summed E-state index contributed by atoms with van der Waals surface area (Å²) in [5, 5.41) is 1.01. The zero-order chi connectivity index (χ0) is 16.3. The molecular formula is C18H34N2SSn. The van der Waals surface area contributed by atoms with Crippen molar-refractivity contribution in [2.45, 2.75) is 84.7 Å². The molecule has 0 N–H and O–H groups in total. The average molecular weight is 429 g/mol. The van der Waals surface area contributed by atoms with E-state index in [1.54, 1.807) is 11.8 Å². The van der Waals surface area contributed by atoms with Crippen LogP contribution in [0.3, 0.4) is 0 Å². The van der Waals surface area contributed by atoms with Gasteiger partial charge < -0.3 is 0 Å². The zero-order valence-electron chi connectivity index (χ0n) is 15.0. The van der Waals surface area contributed by atoms with Gasteiger partial charge in [-0.15, -0.1) is 0 Å². The molecule has 1 heterocycles. The van der Waals surface area contributed by atoms with Crippen LogP contribution in [0, 0.1) is 0 Å². The van der Waals surface area contributed by atoms with Crippen molar-refractivity contribution < 1.29 is 0 Å². The SMILES string of the molecule is CCC[CH2][Sn]([CH2]CCC)([CH2]CCC)[c]1ccnc(SCC)n1. The van der Waals surface area contributed by atoms with E-state index < -0.39 is 18.4 Å². The van der Waals surface area contributed by atoms with Crippen molar-refractivity contribution in [3.05, 3.63) is 12.3 Å². The molecule has 0 radical (unpaired) electrons. The molecule has 2 nitrogen and oxygen atoms in total. The normalized spacial score (nSPS) is 11.8. The Bertz CT molecular complexity index is 390. The third-order valence-electron chi connectivity index (χ3n) is 4.48. The van der Waals surface area contributed by atoms with E-state index in [1.165, 1.54) is 55.5 Å². The summed E-state index contributed by atoms with van der Waals surface area (Å²) < 4.78 is 5.96. The summed E-state index contributed by atoms with van der Waals surface area (Å²) in [6.07, 6.45) is 10.2. The Morgan fingerprint density at radius 3 is 1.91 bits per heavy atom. The third kappa shape index (κ3) is 6.38. The first-order chi connectivity index (χ1) is 10.7. The average Bonchev–Trinajstić information content (AvgIpc) is 2.55. The van der Waals surface area contributed by atoms with Gasteiger partial charge in [-0.1, -0.05) is 0 Å². The number of unbranched alkanes of at least 4 members (excludes halogenated alkanes) is 3. The Labute approximate surface area is 146 Å². The maximum absolute atomic E-state index is 5.04. The molecule has 0 bridgehead atoms. The first-order valence-corrected chi connectivity index (χ1v) is 17.7. The molecule has 22 heavy (non-hydrogen) atoms. The molecule has 126 valence electrons. The molecule has 0 saturated carbocycles. The summed E-state index contributed by atoms with van der Waals surface area (Å²) in [5.74, 6) is 1.06. The monoisotopic (exact) mass is 430 g/mol. The molecule has 0 atom stereocenters. The minimum absolute atomic E-state index is 1.01. The molecule has 0 unspecified atom stereocenters. The Morgan fingerprint density at radius 2 is 1.45 bits per heavy atom. The number of hydrogen-bond acceptors (Lipinski definition) is 3. The van der Waals surface area contributed by atoms with E-state index in [9.17, 15) is 0 Å². The molecule has 0 aliphatic heterocycles. The van der Waals surface area contributed by atoms with Crippen molar-refractivity contribution >= 4 is 33.8 Å². The Kier molecular flexibility index (Phi) is 10.8. The zero-order valence-corrected chi connectivity index (χ0v) is 18.7. The van der Waals surface area contributed by atoms with E-state index in [0.29, 0.717) is 0 Å². The van der Waals surface area contributed by atoms with Crippen LogP contribution in [-0.2, 0) is 0 Å². The summed E-state index contributed by atoms with van der Waals surface area (Å²) in [7, 11) is 0. The van der Waals surface area contributed by atoms with Crippen LogP contribution in [0.5, 0.6) is 0 Å². The standard InChI is InChI=1S/C6H7N2S.3C4H9.Sn/c1-2-9-6-7-4-3-5-8-6;3*1-3-4-2;/h3-4H,2H2,1H3;3*1,3-4H2,2H3;. The van der Waals surface area contributed by atoms with E-state index in [1.807, 2.05) is 6.20 Å². The van der Waals surface area contributed by atoms with E-state index in [2.05, 4.69) is 38.7 Å². The van der Waals surface area contributed by atoms with Gasteiger partial charge in [-0.2, -0.15) is 0 Å². The summed E-state index contributed by atoms with van der Waals surface area (Å²) >= 11 is -0.557. The van der Waals surface area contributed by atoms with Crippen LogP contribution >= 0.6 is 11.8 Å². The van der Waals surface area contributed by atoms with E-state index in [4.69, 9.17) is 4.98 Å². The van der Waals surface area contributed by atoms with Crippen molar-refractivity contribution in [2.75, 3.05) is 5.75 Å². The number of hydrogen-bond donors (Lipinski definition) is 0. The molecule has 0 amide bonds. The van der Waals surface area contributed by atoms with Gasteiger partial charge in [0.1, 0.15) is 0 Å². The molecule has 0 fully saturated rings. The predicted octanol–water partition coefficient (Wildman–Crippen LogP) is 5.64. The van der Waals surface area contributed by atoms with Crippen LogP contribution < -0.4 is 3.71 Å². The molecule has 1 rings (SSSR count). The van der Waals surface area contributed by atoms with Crippen molar-refractivity contribution in [2.24, 2.45) is 0 Å². The molecule has 1 aromatic heterocycles. The van der Waals surface area contributed by atoms with Crippen LogP contribution in [0.1, 0.15) is 66.2 Å². The van der Waals surface area contributed by atoms with E-state index >= 15 is 0 Å². The molecular weight excluding hydrogens is 395 g/mol. The van der Waals surface area contributed by atoms with Crippen LogP contribution in [0.15, 0.2) is 17.4 Å². The summed E-state index contributed by atoms with van der Waals surface area (Å²) in [5.41, 5.74) is 0. The van der Waals surface area contributed by atoms with E-state index in [0.717, 1.165) is 10.9 Å². The first-order valence-electron chi connectivity index (χ1n) is 9.18. The van der Waals surface area contributed by atoms with Gasteiger partial charge in [0.25, 0.3) is 0 Å². The molecule has 1 aromatic rings. The van der Waals surface area contributed by atoms with Crippen molar-refractivity contribution in [1.82, 2.24) is 9.97 Å². The second kappa shape index (κ2) is 11.7. The number of aromatic nitrogens is 2. The van der Waals surface area contributed by atoms with Gasteiger partial charge in [0, 0.05) is 0 Å². The third-order valence-corrected chi connectivity index (χ3v) is 20.3. The van der Waals surface area contributed by atoms with Gasteiger partial charge in [0.05, 0.1) is 0 Å². The Hall–Kier alpha value is 0.229. The van der Waals surface area contributed by atoms with Crippen LogP contribution in [-0.4, -0.2) is 34.1 Å². The topological polar surface area (TPSA) is 25.8 Å². The second-order valence-electron chi connectivity index (χ2n) is 6.25. The Morgan fingerprint density at radius 1 is 0.909 bits per heavy atom. The fourth-order valence-electron chi connectivity index (χ4n) is 3.14. The van der Waals surface area contributed by atoms with Crippen molar-refractivity contribution in [3.8, 4) is 0 Å². The molecule has 0 saturated heterocycles. The Balaban J connectivity index is 3.09. The predicted molar refractivity (Wildman–Crippen MR) is 103 cm³/mol. The van der Waals surface area contributed by atoms with Crippen LogP contribution in [0.4, 0.5) is 0 Å². The van der Waals surface area contributed by atoms with Gasteiger partial charge in [-0.05, 0) is 0 Å².